The van der Waals surface area contributed by atoms with Crippen LogP contribution in [-0.4, -0.2) is 36.6 Å². The monoisotopic (exact) mass is 331 g/mol. The molecule has 2 aliphatic rings. The van der Waals surface area contributed by atoms with Crippen molar-refractivity contribution in [1.82, 2.24) is 4.81 Å². The molecule has 0 aromatic heterocycles. The standard InChI is InChI=1S/C17H27BN3OP/c1-10(9-20(18)17(3,4)5)14-11(2)12-7-6-8-13-15(12)21(14)23-16(22)19-13/h6-8,10-11,14,23H,9,18H2,1-5H3,(H,19,22)/t10?,11-,14-/m0/s1. The van der Waals surface area contributed by atoms with Crippen LogP contribution in [-0.2, 0) is 0 Å². The van der Waals surface area contributed by atoms with Crippen molar-refractivity contribution in [3.63, 3.8) is 0 Å². The maximum absolute atomic E-state index is 12.1. The van der Waals surface area contributed by atoms with E-state index in [0.29, 0.717) is 17.9 Å². The van der Waals surface area contributed by atoms with E-state index in [-0.39, 0.29) is 19.9 Å². The number of amides is 1. The van der Waals surface area contributed by atoms with Gasteiger partial charge in [-0.1, -0.05) is 26.0 Å². The summed E-state index contributed by atoms with van der Waals surface area (Å²) < 4.78 is 2.37. The van der Waals surface area contributed by atoms with Crippen molar-refractivity contribution in [2.45, 2.75) is 52.1 Å². The lowest BCUT2D eigenvalue weighted by atomic mass is 9.87. The first kappa shape index (κ1) is 16.8. The Hall–Kier alpha value is -1.06. The van der Waals surface area contributed by atoms with Gasteiger partial charge in [-0.15, -0.1) is 0 Å². The van der Waals surface area contributed by atoms with Gasteiger partial charge in [0.1, 0.15) is 0 Å². The average Bonchev–Trinajstić information content (AvgIpc) is 2.72. The van der Waals surface area contributed by atoms with Crippen LogP contribution in [0.25, 0.3) is 0 Å². The van der Waals surface area contributed by atoms with Crippen LogP contribution in [0, 0.1) is 5.92 Å². The third kappa shape index (κ3) is 2.90. The molecule has 4 atom stereocenters. The van der Waals surface area contributed by atoms with Gasteiger partial charge in [0.2, 0.25) is 0 Å². The number of hydrogen-bond donors (Lipinski definition) is 1. The number of carbonyl (C=O) groups is 1. The number of rotatable bonds is 3. The van der Waals surface area contributed by atoms with E-state index in [2.05, 4.69) is 69.5 Å². The van der Waals surface area contributed by atoms with Crippen LogP contribution in [0.1, 0.15) is 46.1 Å². The second kappa shape index (κ2) is 5.79. The quantitative estimate of drug-likeness (QED) is 0.681. The minimum atomic E-state index is 0.130. The number of para-hydroxylation sites is 1. The Bertz CT molecular complexity index is 631. The molecule has 0 spiro atoms. The largest absolute Gasteiger partial charge is 0.344 e. The van der Waals surface area contributed by atoms with Crippen molar-refractivity contribution in [2.75, 3.05) is 16.5 Å². The van der Waals surface area contributed by atoms with E-state index in [1.165, 1.54) is 11.3 Å². The molecule has 0 bridgehead atoms. The van der Waals surface area contributed by atoms with Crippen LogP contribution in [0.2, 0.25) is 0 Å². The molecule has 4 nitrogen and oxygen atoms in total. The van der Waals surface area contributed by atoms with Gasteiger partial charge in [0.15, 0.2) is 7.98 Å². The number of benzene rings is 1. The van der Waals surface area contributed by atoms with Crippen LogP contribution in [0.15, 0.2) is 18.2 Å². The van der Waals surface area contributed by atoms with Crippen molar-refractivity contribution in [1.29, 1.82) is 0 Å². The van der Waals surface area contributed by atoms with Crippen molar-refractivity contribution >= 4 is 33.7 Å². The fourth-order valence-corrected chi connectivity index (χ4v) is 5.20. The van der Waals surface area contributed by atoms with Crippen molar-refractivity contribution in [3.05, 3.63) is 23.8 Å². The number of anilines is 2. The smallest absolute Gasteiger partial charge is 0.263 e. The van der Waals surface area contributed by atoms with Gasteiger partial charge < -0.3 is 14.8 Å². The summed E-state index contributed by atoms with van der Waals surface area (Å²) in [5, 5.41) is 3.04. The zero-order valence-corrected chi connectivity index (χ0v) is 16.0. The zero-order chi connectivity index (χ0) is 16.9. The first-order chi connectivity index (χ1) is 10.7. The molecule has 1 amide bonds. The topological polar surface area (TPSA) is 35.6 Å². The second-order valence-corrected chi connectivity index (χ2v) is 9.15. The minimum absolute atomic E-state index is 0.130. The Morgan fingerprint density at radius 3 is 2.78 bits per heavy atom. The predicted molar refractivity (Wildman–Crippen MR) is 103 cm³/mol. The molecule has 1 aromatic rings. The summed E-state index contributed by atoms with van der Waals surface area (Å²) in [6, 6.07) is 6.69. The highest BCUT2D eigenvalue weighted by molar-refractivity contribution is 7.60. The van der Waals surface area contributed by atoms with E-state index >= 15 is 0 Å². The Balaban J connectivity index is 1.90. The first-order valence-corrected chi connectivity index (χ1v) is 9.36. The van der Waals surface area contributed by atoms with Crippen LogP contribution in [0.4, 0.5) is 16.2 Å². The third-order valence-electron chi connectivity index (χ3n) is 5.37. The van der Waals surface area contributed by atoms with Crippen LogP contribution in [0.3, 0.4) is 0 Å². The van der Waals surface area contributed by atoms with Crippen LogP contribution >= 0.6 is 8.73 Å². The summed E-state index contributed by atoms with van der Waals surface area (Å²) in [4.78, 5) is 14.5. The van der Waals surface area contributed by atoms with Gasteiger partial charge >= 0.3 is 0 Å². The molecule has 2 heterocycles. The molecule has 3 rings (SSSR count). The van der Waals surface area contributed by atoms with Gasteiger partial charge in [-0.25, -0.2) is 0 Å². The third-order valence-corrected chi connectivity index (χ3v) is 6.46. The van der Waals surface area contributed by atoms with Crippen molar-refractivity contribution in [2.24, 2.45) is 5.92 Å². The lowest BCUT2D eigenvalue weighted by Crippen LogP contribution is -2.47. The molecule has 2 unspecified atom stereocenters. The van der Waals surface area contributed by atoms with Crippen molar-refractivity contribution < 1.29 is 4.79 Å². The molecular formula is C17H27BN3OP. The predicted octanol–water partition coefficient (Wildman–Crippen LogP) is 3.40. The van der Waals surface area contributed by atoms with E-state index < -0.39 is 0 Å². The maximum atomic E-state index is 12.1. The normalized spacial score (nSPS) is 25.7. The highest BCUT2D eigenvalue weighted by Gasteiger charge is 2.43. The van der Waals surface area contributed by atoms with Gasteiger partial charge in [-0.3, -0.25) is 4.79 Å². The molecular weight excluding hydrogens is 304 g/mol. The zero-order valence-electron chi connectivity index (χ0n) is 15.0. The first-order valence-electron chi connectivity index (χ1n) is 8.41. The van der Waals surface area contributed by atoms with Gasteiger partial charge in [0.25, 0.3) is 5.65 Å². The molecule has 0 fully saturated rings. The number of hydrogen-bond acceptors (Lipinski definition) is 3. The van der Waals surface area contributed by atoms with E-state index in [1.54, 1.807) is 0 Å². The van der Waals surface area contributed by atoms with Gasteiger partial charge in [0.05, 0.1) is 20.1 Å². The molecule has 1 N–H and O–H groups in total. The lowest BCUT2D eigenvalue weighted by molar-refractivity contribution is 0.216. The summed E-state index contributed by atoms with van der Waals surface area (Å²) in [7, 11) is 2.39. The van der Waals surface area contributed by atoms with Gasteiger partial charge in [-0.2, -0.15) is 0 Å². The molecule has 0 saturated heterocycles. The molecule has 1 aromatic carbocycles. The fourth-order valence-electron chi connectivity index (χ4n) is 3.81. The Morgan fingerprint density at radius 1 is 1.43 bits per heavy atom. The summed E-state index contributed by atoms with van der Waals surface area (Å²) in [6.07, 6.45) is 0. The van der Waals surface area contributed by atoms with Crippen molar-refractivity contribution in [3.8, 4) is 0 Å². The molecule has 0 radical (unpaired) electrons. The van der Waals surface area contributed by atoms with E-state index in [9.17, 15) is 4.79 Å². The highest BCUT2D eigenvalue weighted by Crippen LogP contribution is 2.54. The average molecular weight is 331 g/mol. The molecule has 2 aliphatic heterocycles. The molecule has 124 valence electrons. The lowest BCUT2D eigenvalue weighted by Gasteiger charge is -2.40. The van der Waals surface area contributed by atoms with Crippen LogP contribution in [0.5, 0.6) is 0 Å². The Kier molecular flexibility index (Phi) is 4.22. The molecule has 23 heavy (non-hydrogen) atoms. The Labute approximate surface area is 142 Å². The van der Waals surface area contributed by atoms with E-state index in [0.717, 1.165) is 12.2 Å². The molecule has 0 aliphatic carbocycles. The fraction of sp³-hybridized carbons (Fsp3) is 0.588. The summed E-state index contributed by atoms with van der Waals surface area (Å²) in [5.41, 5.74) is 3.91. The number of nitrogens with zero attached hydrogens (tertiary/aromatic N) is 2. The van der Waals surface area contributed by atoms with E-state index in [1.807, 2.05) is 6.07 Å². The number of carbonyl (C=O) groups excluding carboxylic acids is 1. The summed E-state index contributed by atoms with van der Waals surface area (Å²) in [5.74, 6) is 0.946. The summed E-state index contributed by atoms with van der Waals surface area (Å²) >= 11 is 0. The number of nitrogens with one attached hydrogen (secondary N) is 1. The maximum Gasteiger partial charge on any atom is 0.263 e. The summed E-state index contributed by atoms with van der Waals surface area (Å²) in [6.45, 7) is 12.4. The highest BCUT2D eigenvalue weighted by atomic mass is 31.1. The molecule has 6 heteroatoms. The Morgan fingerprint density at radius 2 is 2.13 bits per heavy atom. The van der Waals surface area contributed by atoms with Crippen LogP contribution < -0.4 is 9.99 Å². The van der Waals surface area contributed by atoms with Gasteiger partial charge in [0, 0.05) is 17.5 Å². The second-order valence-electron chi connectivity index (χ2n) is 7.99. The minimum Gasteiger partial charge on any atom is -0.344 e. The SMILES string of the molecule is BN(CC(C)[C@H]1[C@@H](C)c2cccc3c2N1PC(=O)N3)C(C)(C)C. The van der Waals surface area contributed by atoms with Gasteiger partial charge in [-0.05, 0) is 44.9 Å². The molecule has 0 saturated carbocycles. The van der Waals surface area contributed by atoms with E-state index in [4.69, 9.17) is 0 Å².